The molecule has 2 fully saturated rings. The van der Waals surface area contributed by atoms with Crippen LogP contribution in [0, 0.1) is 5.92 Å². The molecule has 0 aromatic carbocycles. The number of aliphatic hydroxyl groups is 2. The minimum absolute atomic E-state index is 0.0554. The van der Waals surface area contributed by atoms with Crippen molar-refractivity contribution in [2.24, 2.45) is 5.92 Å². The highest BCUT2D eigenvalue weighted by molar-refractivity contribution is 5.72. The highest BCUT2D eigenvalue weighted by atomic mass is 16.5. The molecule has 1 heterocycles. The second kappa shape index (κ2) is 7.56. The topological polar surface area (TPSA) is 70.0 Å². The summed E-state index contributed by atoms with van der Waals surface area (Å²) in [5, 5.41) is 20.3. The van der Waals surface area contributed by atoms with Crippen LogP contribution < -0.4 is 0 Å². The van der Waals surface area contributed by atoms with Crippen molar-refractivity contribution in [1.82, 2.24) is 4.90 Å². The molecule has 1 unspecified atom stereocenters. The Morgan fingerprint density at radius 1 is 1.29 bits per heavy atom. The number of piperidine rings is 1. The molecule has 5 nitrogen and oxygen atoms in total. The molecule has 2 N–H and O–H groups in total. The molecular weight excluding hydrogens is 270 g/mol. The maximum Gasteiger partial charge on any atom is 0.308 e. The van der Waals surface area contributed by atoms with Crippen LogP contribution in [0.25, 0.3) is 0 Å². The first-order chi connectivity index (χ1) is 10.1. The van der Waals surface area contributed by atoms with E-state index in [0.717, 1.165) is 25.8 Å². The molecule has 0 bridgehead atoms. The number of carbonyl (C=O) groups is 1. The molecule has 0 amide bonds. The second-order valence-electron chi connectivity index (χ2n) is 6.55. The van der Waals surface area contributed by atoms with Gasteiger partial charge in [0.05, 0.1) is 24.7 Å². The summed E-state index contributed by atoms with van der Waals surface area (Å²) in [6.45, 7) is 3.98. The number of likely N-dealkylation sites (tertiary alicyclic amines) is 1. The Bertz CT molecular complexity index is 339. The van der Waals surface area contributed by atoms with Gasteiger partial charge < -0.3 is 14.9 Å². The highest BCUT2D eigenvalue weighted by Crippen LogP contribution is 2.34. The van der Waals surface area contributed by atoms with Crippen LogP contribution in [-0.2, 0) is 9.53 Å². The first-order valence-electron chi connectivity index (χ1n) is 8.32. The Hall–Kier alpha value is -0.650. The number of nitrogens with zero attached hydrogens (tertiary/aromatic N) is 1. The van der Waals surface area contributed by atoms with Gasteiger partial charge in [0.1, 0.15) is 0 Å². The number of esters is 1. The van der Waals surface area contributed by atoms with E-state index in [9.17, 15) is 15.0 Å². The number of β-amino-alcohol motifs (C(OH)–C–C–N with tert-alkyl or cyclic N) is 1. The van der Waals surface area contributed by atoms with Crippen LogP contribution in [-0.4, -0.2) is 59.0 Å². The van der Waals surface area contributed by atoms with Gasteiger partial charge in [0.2, 0.25) is 0 Å². The van der Waals surface area contributed by atoms with Crippen molar-refractivity contribution >= 4 is 5.97 Å². The average molecular weight is 299 g/mol. The van der Waals surface area contributed by atoms with Crippen LogP contribution >= 0.6 is 0 Å². The van der Waals surface area contributed by atoms with E-state index in [1.54, 1.807) is 0 Å². The minimum Gasteiger partial charge on any atom is -0.466 e. The van der Waals surface area contributed by atoms with E-state index in [1.807, 2.05) is 6.92 Å². The molecule has 5 heteroatoms. The van der Waals surface area contributed by atoms with E-state index in [0.29, 0.717) is 38.8 Å². The van der Waals surface area contributed by atoms with Crippen LogP contribution in [0.15, 0.2) is 0 Å². The zero-order chi connectivity index (χ0) is 15.3. The second-order valence-corrected chi connectivity index (χ2v) is 6.55. The first-order valence-corrected chi connectivity index (χ1v) is 8.32. The SMILES string of the molecule is CCOC(=O)C1CCC(O)(CN2CCCCC2CO)CC1. The van der Waals surface area contributed by atoms with Gasteiger partial charge in [-0.15, -0.1) is 0 Å². The standard InChI is InChI=1S/C16H29NO4/c1-2-21-15(19)13-6-8-16(20,9-7-13)12-17-10-4-3-5-14(17)11-18/h13-14,18,20H,2-12H2,1H3. The Morgan fingerprint density at radius 3 is 2.62 bits per heavy atom. The summed E-state index contributed by atoms with van der Waals surface area (Å²) in [7, 11) is 0. The van der Waals surface area contributed by atoms with Crippen molar-refractivity contribution in [1.29, 1.82) is 0 Å². The lowest BCUT2D eigenvalue weighted by Gasteiger charge is -2.43. The summed E-state index contributed by atoms with van der Waals surface area (Å²) in [6, 6.07) is 0.186. The van der Waals surface area contributed by atoms with Crippen LogP contribution in [0.4, 0.5) is 0 Å². The smallest absolute Gasteiger partial charge is 0.308 e. The fourth-order valence-corrected chi connectivity index (χ4v) is 3.66. The fraction of sp³-hybridized carbons (Fsp3) is 0.938. The average Bonchev–Trinajstić information content (AvgIpc) is 2.48. The Kier molecular flexibility index (Phi) is 6.02. The summed E-state index contributed by atoms with van der Waals surface area (Å²) in [5.74, 6) is -0.175. The number of hydrogen-bond acceptors (Lipinski definition) is 5. The van der Waals surface area contributed by atoms with E-state index in [-0.39, 0.29) is 24.5 Å². The lowest BCUT2D eigenvalue weighted by molar-refractivity contribution is -0.151. The van der Waals surface area contributed by atoms with Gasteiger partial charge in [0, 0.05) is 12.6 Å². The van der Waals surface area contributed by atoms with Crippen molar-refractivity contribution < 1.29 is 19.7 Å². The molecule has 2 rings (SSSR count). The van der Waals surface area contributed by atoms with E-state index >= 15 is 0 Å². The normalized spacial score (nSPS) is 34.6. The molecule has 1 aliphatic carbocycles. The number of ether oxygens (including phenoxy) is 1. The van der Waals surface area contributed by atoms with Crippen molar-refractivity contribution in [3.05, 3.63) is 0 Å². The molecule has 1 aliphatic heterocycles. The van der Waals surface area contributed by atoms with E-state index < -0.39 is 5.60 Å². The number of rotatable bonds is 5. The van der Waals surface area contributed by atoms with Crippen molar-refractivity contribution in [3.63, 3.8) is 0 Å². The lowest BCUT2D eigenvalue weighted by atomic mass is 9.78. The van der Waals surface area contributed by atoms with Gasteiger partial charge in [-0.3, -0.25) is 9.69 Å². The predicted octanol–water partition coefficient (Wildman–Crippen LogP) is 1.32. The predicted molar refractivity (Wildman–Crippen MR) is 79.8 cm³/mol. The monoisotopic (exact) mass is 299 g/mol. The molecule has 0 radical (unpaired) electrons. The third-order valence-electron chi connectivity index (χ3n) is 4.99. The van der Waals surface area contributed by atoms with Gasteiger partial charge in [-0.2, -0.15) is 0 Å². The highest BCUT2D eigenvalue weighted by Gasteiger charge is 2.39. The zero-order valence-electron chi connectivity index (χ0n) is 13.1. The van der Waals surface area contributed by atoms with Gasteiger partial charge >= 0.3 is 5.97 Å². The molecule has 1 atom stereocenters. The van der Waals surface area contributed by atoms with E-state index in [2.05, 4.69) is 4.90 Å². The Balaban J connectivity index is 1.85. The fourth-order valence-electron chi connectivity index (χ4n) is 3.66. The van der Waals surface area contributed by atoms with Gasteiger partial charge in [-0.1, -0.05) is 6.42 Å². The minimum atomic E-state index is -0.715. The molecule has 2 aliphatic rings. The molecular formula is C16H29NO4. The summed E-state index contributed by atoms with van der Waals surface area (Å²) >= 11 is 0. The van der Waals surface area contributed by atoms with Crippen molar-refractivity contribution in [2.45, 2.75) is 63.5 Å². The summed E-state index contributed by atoms with van der Waals surface area (Å²) in [5.41, 5.74) is -0.715. The summed E-state index contributed by atoms with van der Waals surface area (Å²) in [4.78, 5) is 14.0. The quantitative estimate of drug-likeness (QED) is 0.749. The molecule has 1 saturated carbocycles. The molecule has 0 aromatic heterocycles. The molecule has 0 aromatic rings. The maximum atomic E-state index is 11.8. The first kappa shape index (κ1) is 16.7. The van der Waals surface area contributed by atoms with Gasteiger partial charge in [0.25, 0.3) is 0 Å². The van der Waals surface area contributed by atoms with Gasteiger partial charge in [0.15, 0.2) is 0 Å². The summed E-state index contributed by atoms with van der Waals surface area (Å²) < 4.78 is 5.07. The largest absolute Gasteiger partial charge is 0.466 e. The number of carbonyl (C=O) groups excluding carboxylic acids is 1. The third-order valence-corrected chi connectivity index (χ3v) is 4.99. The molecule has 21 heavy (non-hydrogen) atoms. The number of hydrogen-bond donors (Lipinski definition) is 2. The molecule has 0 spiro atoms. The summed E-state index contributed by atoms with van der Waals surface area (Å²) in [6.07, 6.45) is 6.00. The third kappa shape index (κ3) is 4.41. The van der Waals surface area contributed by atoms with Gasteiger partial charge in [-0.05, 0) is 52.0 Å². The molecule has 1 saturated heterocycles. The lowest BCUT2D eigenvalue weighted by Crippen LogP contribution is -2.52. The van der Waals surface area contributed by atoms with Crippen molar-refractivity contribution in [3.8, 4) is 0 Å². The van der Waals surface area contributed by atoms with Crippen molar-refractivity contribution in [2.75, 3.05) is 26.3 Å². The van der Waals surface area contributed by atoms with E-state index in [1.165, 1.54) is 0 Å². The molecule has 122 valence electrons. The van der Waals surface area contributed by atoms with Crippen LogP contribution in [0.5, 0.6) is 0 Å². The van der Waals surface area contributed by atoms with Gasteiger partial charge in [-0.25, -0.2) is 0 Å². The Labute approximate surface area is 127 Å². The van der Waals surface area contributed by atoms with Crippen LogP contribution in [0.2, 0.25) is 0 Å². The van der Waals surface area contributed by atoms with E-state index in [4.69, 9.17) is 4.74 Å². The Morgan fingerprint density at radius 2 is 2.00 bits per heavy atom. The maximum absolute atomic E-state index is 11.8. The number of aliphatic hydroxyl groups excluding tert-OH is 1. The van der Waals surface area contributed by atoms with Crippen LogP contribution in [0.3, 0.4) is 0 Å². The zero-order valence-corrected chi connectivity index (χ0v) is 13.1. The van der Waals surface area contributed by atoms with Crippen LogP contribution in [0.1, 0.15) is 51.9 Å².